The van der Waals surface area contributed by atoms with Crippen molar-refractivity contribution in [2.24, 2.45) is 11.7 Å². The fourth-order valence-electron chi connectivity index (χ4n) is 1.69. The van der Waals surface area contributed by atoms with E-state index in [0.717, 1.165) is 23.5 Å². The molecule has 1 heterocycles. The molecule has 1 atom stereocenters. The average Bonchev–Trinajstić information content (AvgIpc) is 2.28. The third kappa shape index (κ3) is 3.39. The standard InChI is InChI=1S/C11H20N2S/c1-7(2)5-10(12)6-11-8(3)13-9(4)14-11/h7,10H,5-6,12H2,1-4H3. The van der Waals surface area contributed by atoms with E-state index < -0.39 is 0 Å². The van der Waals surface area contributed by atoms with E-state index in [0.29, 0.717) is 5.92 Å². The van der Waals surface area contributed by atoms with Crippen molar-refractivity contribution in [1.29, 1.82) is 0 Å². The second-order valence-electron chi connectivity index (χ2n) is 4.34. The lowest BCUT2D eigenvalue weighted by Gasteiger charge is -2.12. The number of aromatic nitrogens is 1. The van der Waals surface area contributed by atoms with E-state index in [2.05, 4.69) is 32.7 Å². The Morgan fingerprint density at radius 2 is 2.00 bits per heavy atom. The van der Waals surface area contributed by atoms with Crippen LogP contribution in [0.25, 0.3) is 0 Å². The molecule has 1 rings (SSSR count). The molecule has 0 amide bonds. The third-order valence-electron chi connectivity index (χ3n) is 2.22. The van der Waals surface area contributed by atoms with Gasteiger partial charge in [-0.15, -0.1) is 11.3 Å². The van der Waals surface area contributed by atoms with Crippen molar-refractivity contribution >= 4 is 11.3 Å². The predicted molar refractivity (Wildman–Crippen MR) is 62.7 cm³/mol. The molecule has 0 radical (unpaired) electrons. The van der Waals surface area contributed by atoms with Gasteiger partial charge in [-0.2, -0.15) is 0 Å². The predicted octanol–water partition coefficient (Wildman–Crippen LogP) is 2.68. The molecule has 0 aliphatic rings. The van der Waals surface area contributed by atoms with Gasteiger partial charge >= 0.3 is 0 Å². The van der Waals surface area contributed by atoms with Crippen molar-refractivity contribution in [1.82, 2.24) is 4.98 Å². The first-order valence-electron chi connectivity index (χ1n) is 5.17. The van der Waals surface area contributed by atoms with Gasteiger partial charge in [-0.3, -0.25) is 0 Å². The van der Waals surface area contributed by atoms with Crippen LogP contribution in [0.4, 0.5) is 0 Å². The van der Waals surface area contributed by atoms with E-state index in [1.54, 1.807) is 11.3 Å². The Labute approximate surface area is 90.6 Å². The molecule has 1 aromatic rings. The van der Waals surface area contributed by atoms with Gasteiger partial charge in [-0.25, -0.2) is 4.98 Å². The lowest BCUT2D eigenvalue weighted by molar-refractivity contribution is 0.494. The second kappa shape index (κ2) is 4.89. The summed E-state index contributed by atoms with van der Waals surface area (Å²) in [7, 11) is 0. The maximum absolute atomic E-state index is 6.06. The topological polar surface area (TPSA) is 38.9 Å². The van der Waals surface area contributed by atoms with Crippen molar-refractivity contribution in [3.63, 3.8) is 0 Å². The summed E-state index contributed by atoms with van der Waals surface area (Å²) >= 11 is 1.78. The zero-order valence-electron chi connectivity index (χ0n) is 9.50. The van der Waals surface area contributed by atoms with E-state index in [4.69, 9.17) is 5.73 Å². The fourth-order valence-corrected chi connectivity index (χ4v) is 2.72. The van der Waals surface area contributed by atoms with Gasteiger partial charge in [0.1, 0.15) is 0 Å². The van der Waals surface area contributed by atoms with Crippen LogP contribution >= 0.6 is 11.3 Å². The highest BCUT2D eigenvalue weighted by molar-refractivity contribution is 7.11. The first kappa shape index (κ1) is 11.7. The summed E-state index contributed by atoms with van der Waals surface area (Å²) in [6.45, 7) is 8.55. The SMILES string of the molecule is Cc1nc(C)c(CC(N)CC(C)C)s1. The number of aryl methyl sites for hydroxylation is 2. The van der Waals surface area contributed by atoms with Crippen molar-refractivity contribution < 1.29 is 0 Å². The van der Waals surface area contributed by atoms with Gasteiger partial charge < -0.3 is 5.73 Å². The highest BCUT2D eigenvalue weighted by Gasteiger charge is 2.11. The summed E-state index contributed by atoms with van der Waals surface area (Å²) in [5, 5.41) is 1.15. The molecule has 0 aliphatic carbocycles. The minimum Gasteiger partial charge on any atom is -0.327 e. The van der Waals surface area contributed by atoms with Gasteiger partial charge in [-0.1, -0.05) is 13.8 Å². The van der Waals surface area contributed by atoms with E-state index in [1.807, 2.05) is 0 Å². The number of hydrogen-bond donors (Lipinski definition) is 1. The Morgan fingerprint density at radius 1 is 1.36 bits per heavy atom. The summed E-state index contributed by atoms with van der Waals surface area (Å²) in [6.07, 6.45) is 2.08. The zero-order chi connectivity index (χ0) is 10.7. The molecule has 0 aromatic carbocycles. The molecular weight excluding hydrogens is 192 g/mol. The molecule has 0 saturated carbocycles. The minimum absolute atomic E-state index is 0.286. The van der Waals surface area contributed by atoms with Crippen LogP contribution < -0.4 is 5.73 Å². The maximum Gasteiger partial charge on any atom is 0.0900 e. The Bertz CT molecular complexity index is 291. The molecule has 0 fully saturated rings. The lowest BCUT2D eigenvalue weighted by atomic mass is 10.0. The number of hydrogen-bond acceptors (Lipinski definition) is 3. The van der Waals surface area contributed by atoms with Crippen molar-refractivity contribution in [2.75, 3.05) is 0 Å². The molecule has 2 nitrogen and oxygen atoms in total. The number of thiazole rings is 1. The second-order valence-corrected chi connectivity index (χ2v) is 5.62. The molecule has 1 unspecified atom stereocenters. The summed E-state index contributed by atoms with van der Waals surface area (Å²) in [5.41, 5.74) is 7.22. The number of nitrogens with zero attached hydrogens (tertiary/aromatic N) is 1. The van der Waals surface area contributed by atoms with Crippen LogP contribution in [0.15, 0.2) is 0 Å². The van der Waals surface area contributed by atoms with Crippen LogP contribution in [0.5, 0.6) is 0 Å². The first-order valence-corrected chi connectivity index (χ1v) is 5.99. The number of rotatable bonds is 4. The van der Waals surface area contributed by atoms with E-state index in [9.17, 15) is 0 Å². The molecule has 0 aliphatic heterocycles. The summed E-state index contributed by atoms with van der Waals surface area (Å²) in [6, 6.07) is 0.286. The molecule has 0 saturated heterocycles. The molecule has 0 bridgehead atoms. The monoisotopic (exact) mass is 212 g/mol. The van der Waals surface area contributed by atoms with Crippen LogP contribution in [0.3, 0.4) is 0 Å². The molecule has 14 heavy (non-hydrogen) atoms. The quantitative estimate of drug-likeness (QED) is 0.833. The van der Waals surface area contributed by atoms with Gasteiger partial charge in [0.2, 0.25) is 0 Å². The normalized spacial score (nSPS) is 13.6. The third-order valence-corrected chi connectivity index (χ3v) is 3.32. The smallest absolute Gasteiger partial charge is 0.0900 e. The van der Waals surface area contributed by atoms with Gasteiger partial charge in [0.05, 0.1) is 10.7 Å². The maximum atomic E-state index is 6.06. The van der Waals surface area contributed by atoms with Gasteiger partial charge in [0.15, 0.2) is 0 Å². The largest absolute Gasteiger partial charge is 0.327 e. The van der Waals surface area contributed by atoms with Gasteiger partial charge in [0, 0.05) is 10.9 Å². The van der Waals surface area contributed by atoms with E-state index in [-0.39, 0.29) is 6.04 Å². The van der Waals surface area contributed by atoms with Gasteiger partial charge in [0.25, 0.3) is 0 Å². The van der Waals surface area contributed by atoms with Crippen LogP contribution in [0, 0.1) is 19.8 Å². The van der Waals surface area contributed by atoms with Gasteiger partial charge in [-0.05, 0) is 32.6 Å². The first-order chi connectivity index (χ1) is 6.49. The Balaban J connectivity index is 2.55. The van der Waals surface area contributed by atoms with Crippen LogP contribution in [0.2, 0.25) is 0 Å². The van der Waals surface area contributed by atoms with E-state index >= 15 is 0 Å². The molecule has 80 valence electrons. The fraction of sp³-hybridized carbons (Fsp3) is 0.727. The Hall–Kier alpha value is -0.410. The molecule has 2 N–H and O–H groups in total. The molecular formula is C11H20N2S. The van der Waals surface area contributed by atoms with Crippen LogP contribution in [-0.2, 0) is 6.42 Å². The van der Waals surface area contributed by atoms with Crippen LogP contribution in [-0.4, -0.2) is 11.0 Å². The summed E-state index contributed by atoms with van der Waals surface area (Å²) < 4.78 is 0. The highest BCUT2D eigenvalue weighted by Crippen LogP contribution is 2.19. The minimum atomic E-state index is 0.286. The molecule has 3 heteroatoms. The zero-order valence-corrected chi connectivity index (χ0v) is 10.3. The lowest BCUT2D eigenvalue weighted by Crippen LogP contribution is -2.24. The summed E-state index contributed by atoms with van der Waals surface area (Å²) in [5.74, 6) is 0.680. The summed E-state index contributed by atoms with van der Waals surface area (Å²) in [4.78, 5) is 5.76. The Kier molecular flexibility index (Phi) is 4.08. The van der Waals surface area contributed by atoms with Crippen molar-refractivity contribution in [3.05, 3.63) is 15.6 Å². The highest BCUT2D eigenvalue weighted by atomic mass is 32.1. The van der Waals surface area contributed by atoms with Crippen molar-refractivity contribution in [2.45, 2.75) is 46.6 Å². The molecule has 0 spiro atoms. The average molecular weight is 212 g/mol. The Morgan fingerprint density at radius 3 is 2.43 bits per heavy atom. The number of nitrogens with two attached hydrogens (primary N) is 1. The van der Waals surface area contributed by atoms with Crippen molar-refractivity contribution in [3.8, 4) is 0 Å². The van der Waals surface area contributed by atoms with Crippen LogP contribution in [0.1, 0.15) is 35.8 Å². The molecule has 1 aromatic heterocycles. The van der Waals surface area contributed by atoms with E-state index in [1.165, 1.54) is 4.88 Å².